The lowest BCUT2D eigenvalue weighted by Crippen LogP contribution is -2.28. The van der Waals surface area contributed by atoms with Crippen molar-refractivity contribution in [3.8, 4) is 0 Å². The van der Waals surface area contributed by atoms with Crippen molar-refractivity contribution in [3.63, 3.8) is 0 Å². The SMILES string of the molecule is O=P(O)(O)C(CNCCS)P(=O)(O)O. The van der Waals surface area contributed by atoms with E-state index in [1.165, 1.54) is 0 Å². The molecule has 0 fully saturated rings. The van der Waals surface area contributed by atoms with Gasteiger partial charge in [-0.1, -0.05) is 0 Å². The van der Waals surface area contributed by atoms with Crippen LogP contribution in [0.3, 0.4) is 0 Å². The van der Waals surface area contributed by atoms with Crippen molar-refractivity contribution in [3.05, 3.63) is 0 Å². The molecule has 0 aliphatic carbocycles. The van der Waals surface area contributed by atoms with Gasteiger partial charge >= 0.3 is 15.2 Å². The Morgan fingerprint density at radius 1 is 1.14 bits per heavy atom. The van der Waals surface area contributed by atoms with E-state index in [-0.39, 0.29) is 0 Å². The van der Waals surface area contributed by atoms with Gasteiger partial charge in [-0.2, -0.15) is 12.6 Å². The van der Waals surface area contributed by atoms with Gasteiger partial charge < -0.3 is 24.9 Å². The molecule has 0 bridgehead atoms. The van der Waals surface area contributed by atoms with Gasteiger partial charge in [0, 0.05) is 18.8 Å². The number of thiol groups is 1. The Hall–Kier alpha value is 0.610. The Morgan fingerprint density at radius 2 is 1.57 bits per heavy atom. The third-order valence-electron chi connectivity index (χ3n) is 1.39. The summed E-state index contributed by atoms with van der Waals surface area (Å²) in [6, 6.07) is 0. The molecule has 0 spiro atoms. The summed E-state index contributed by atoms with van der Waals surface area (Å²) in [5.41, 5.74) is 0. The minimum Gasteiger partial charge on any atom is -0.324 e. The normalized spacial score (nSPS) is 13.6. The first-order valence-electron chi connectivity index (χ1n) is 3.61. The van der Waals surface area contributed by atoms with E-state index < -0.39 is 27.1 Å². The standard InChI is InChI=1S/C4H13NO6P2S/c6-12(7,8)4(13(9,10)11)3-5-1-2-14/h4-5,14H,1-3H2,(H2,6,7,8)(H2,9,10,11). The third kappa shape index (κ3) is 5.48. The molecule has 14 heavy (non-hydrogen) atoms. The maximum absolute atomic E-state index is 10.7. The molecule has 7 nitrogen and oxygen atoms in total. The Kier molecular flexibility index (Phi) is 5.87. The van der Waals surface area contributed by atoms with Gasteiger partial charge in [-0.3, -0.25) is 9.13 Å². The van der Waals surface area contributed by atoms with Crippen molar-refractivity contribution in [1.82, 2.24) is 5.32 Å². The second-order valence-electron chi connectivity index (χ2n) is 2.59. The Labute approximate surface area is 86.6 Å². The lowest BCUT2D eigenvalue weighted by Gasteiger charge is -2.19. The van der Waals surface area contributed by atoms with E-state index in [1.807, 2.05) is 0 Å². The van der Waals surface area contributed by atoms with Crippen molar-refractivity contribution >= 4 is 27.8 Å². The van der Waals surface area contributed by atoms with Gasteiger partial charge in [0.05, 0.1) is 0 Å². The van der Waals surface area contributed by atoms with Crippen LogP contribution in [-0.2, 0) is 9.13 Å². The fourth-order valence-corrected chi connectivity index (χ4v) is 3.20. The molecule has 5 N–H and O–H groups in total. The van der Waals surface area contributed by atoms with Crippen LogP contribution in [-0.4, -0.2) is 43.8 Å². The van der Waals surface area contributed by atoms with Crippen molar-refractivity contribution < 1.29 is 28.7 Å². The van der Waals surface area contributed by atoms with E-state index in [0.29, 0.717) is 12.3 Å². The molecule has 0 heterocycles. The van der Waals surface area contributed by atoms with Crippen molar-refractivity contribution in [2.45, 2.75) is 5.40 Å². The number of hydrogen-bond acceptors (Lipinski definition) is 4. The first-order chi connectivity index (χ1) is 6.19. The number of nitrogens with one attached hydrogen (secondary N) is 1. The Balaban J connectivity index is 4.45. The predicted octanol–water partition coefficient (Wildman–Crippen LogP) is -0.813. The molecule has 0 aromatic carbocycles. The molecule has 0 amide bonds. The van der Waals surface area contributed by atoms with Crippen molar-refractivity contribution in [2.75, 3.05) is 18.8 Å². The first-order valence-corrected chi connectivity index (χ1v) is 7.61. The smallest absolute Gasteiger partial charge is 0.324 e. The van der Waals surface area contributed by atoms with Gasteiger partial charge in [0.1, 0.15) is 0 Å². The van der Waals surface area contributed by atoms with Crippen LogP contribution in [0.2, 0.25) is 0 Å². The molecule has 10 heteroatoms. The molecule has 0 aromatic heterocycles. The zero-order valence-corrected chi connectivity index (χ0v) is 9.83. The van der Waals surface area contributed by atoms with E-state index in [1.54, 1.807) is 0 Å². The molecule has 0 aromatic rings. The van der Waals surface area contributed by atoms with E-state index >= 15 is 0 Å². The summed E-state index contributed by atoms with van der Waals surface area (Å²) in [6.45, 7) is -0.116. The molecular weight excluding hydrogens is 252 g/mol. The Morgan fingerprint density at radius 3 is 1.86 bits per heavy atom. The first kappa shape index (κ1) is 14.6. The molecule has 0 aliphatic heterocycles. The molecule has 0 aliphatic rings. The van der Waals surface area contributed by atoms with Crippen LogP contribution in [0.5, 0.6) is 0 Å². The van der Waals surface area contributed by atoms with Crippen LogP contribution in [0.1, 0.15) is 0 Å². The number of rotatable bonds is 6. The van der Waals surface area contributed by atoms with Gasteiger partial charge in [-0.25, -0.2) is 0 Å². The average molecular weight is 265 g/mol. The molecule has 0 unspecified atom stereocenters. The fraction of sp³-hybridized carbons (Fsp3) is 1.00. The van der Waals surface area contributed by atoms with Crippen LogP contribution in [0.4, 0.5) is 0 Å². The second-order valence-corrected chi connectivity index (χ2v) is 7.04. The van der Waals surface area contributed by atoms with E-state index in [2.05, 4.69) is 17.9 Å². The molecule has 86 valence electrons. The van der Waals surface area contributed by atoms with E-state index in [0.717, 1.165) is 0 Å². The van der Waals surface area contributed by atoms with Crippen LogP contribution in [0.15, 0.2) is 0 Å². The van der Waals surface area contributed by atoms with Gasteiger partial charge in [0.2, 0.25) is 0 Å². The van der Waals surface area contributed by atoms with Gasteiger partial charge in [0.15, 0.2) is 5.40 Å². The predicted molar refractivity (Wildman–Crippen MR) is 54.6 cm³/mol. The lowest BCUT2D eigenvalue weighted by molar-refractivity contribution is 0.336. The third-order valence-corrected chi connectivity index (χ3v) is 5.34. The highest BCUT2D eigenvalue weighted by Gasteiger charge is 2.42. The summed E-state index contributed by atoms with van der Waals surface area (Å²) in [6.07, 6.45) is 0. The topological polar surface area (TPSA) is 127 Å². The monoisotopic (exact) mass is 265 g/mol. The summed E-state index contributed by atoms with van der Waals surface area (Å²) in [5, 5.41) is 0.510. The van der Waals surface area contributed by atoms with E-state index in [4.69, 9.17) is 19.6 Å². The highest BCUT2D eigenvalue weighted by atomic mass is 32.1. The van der Waals surface area contributed by atoms with Crippen LogP contribution in [0, 0.1) is 0 Å². The summed E-state index contributed by atoms with van der Waals surface area (Å²) in [7, 11) is -9.58. The van der Waals surface area contributed by atoms with Crippen molar-refractivity contribution in [1.29, 1.82) is 0 Å². The summed E-state index contributed by atoms with van der Waals surface area (Å²) < 4.78 is 21.4. The fourth-order valence-electron chi connectivity index (χ4n) is 0.744. The minimum absolute atomic E-state index is 0.319. The second kappa shape index (κ2) is 5.63. The molecule has 0 radical (unpaired) electrons. The molecule has 0 saturated carbocycles. The van der Waals surface area contributed by atoms with Crippen LogP contribution in [0.25, 0.3) is 0 Å². The zero-order chi connectivity index (χ0) is 11.4. The quantitative estimate of drug-likeness (QED) is 0.210. The molecule has 0 atom stereocenters. The van der Waals surface area contributed by atoms with Gasteiger partial charge in [-0.15, -0.1) is 0 Å². The Bertz CT molecular complexity index is 239. The summed E-state index contributed by atoms with van der Waals surface area (Å²) in [4.78, 5) is 34.7. The maximum Gasteiger partial charge on any atom is 0.342 e. The largest absolute Gasteiger partial charge is 0.342 e. The average Bonchev–Trinajstić information content (AvgIpc) is 1.92. The van der Waals surface area contributed by atoms with Crippen LogP contribution < -0.4 is 5.32 Å². The molecule has 0 rings (SSSR count). The van der Waals surface area contributed by atoms with E-state index in [9.17, 15) is 9.13 Å². The summed E-state index contributed by atoms with van der Waals surface area (Å²) >= 11 is 3.82. The zero-order valence-electron chi connectivity index (χ0n) is 7.15. The highest BCUT2D eigenvalue weighted by molar-refractivity contribution is 7.80. The lowest BCUT2D eigenvalue weighted by atomic mass is 10.6. The molecular formula is C4H13NO6P2S. The van der Waals surface area contributed by atoms with Crippen LogP contribution >= 0.6 is 27.8 Å². The maximum atomic E-state index is 10.7. The highest BCUT2D eigenvalue weighted by Crippen LogP contribution is 2.59. The summed E-state index contributed by atoms with van der Waals surface area (Å²) in [5.74, 6) is 0.412. The van der Waals surface area contributed by atoms with Gasteiger partial charge in [0.25, 0.3) is 0 Å². The van der Waals surface area contributed by atoms with Gasteiger partial charge in [-0.05, 0) is 0 Å². The molecule has 0 saturated heterocycles. The number of hydrogen-bond donors (Lipinski definition) is 6. The van der Waals surface area contributed by atoms with Crippen molar-refractivity contribution in [2.24, 2.45) is 0 Å². The minimum atomic E-state index is -4.79.